The zero-order chi connectivity index (χ0) is 20.3. The molecule has 28 heavy (non-hydrogen) atoms. The van der Waals surface area contributed by atoms with Crippen LogP contribution in [0, 0.1) is 5.92 Å². The summed E-state index contributed by atoms with van der Waals surface area (Å²) in [5, 5.41) is 3.08. The molecule has 2 heterocycles. The lowest BCUT2D eigenvalue weighted by molar-refractivity contribution is 0.0940. The molecular formula is C22H29N5O. The molecule has 1 atom stereocenters. The quantitative estimate of drug-likeness (QED) is 0.572. The number of hydrogen-bond donors (Lipinski definition) is 2. The highest BCUT2D eigenvalue weighted by Gasteiger charge is 2.24. The van der Waals surface area contributed by atoms with Crippen LogP contribution >= 0.6 is 0 Å². The van der Waals surface area contributed by atoms with Crippen LogP contribution in [0.25, 0.3) is 22.2 Å². The number of hydrogen-bond acceptors (Lipinski definition) is 4. The number of carbonyl (C=O) groups is 1. The van der Waals surface area contributed by atoms with Gasteiger partial charge in [0.25, 0.3) is 5.91 Å². The topological polar surface area (TPSA) is 85.8 Å². The maximum absolute atomic E-state index is 13.0. The first-order valence-corrected chi connectivity index (χ1v) is 9.88. The van der Waals surface area contributed by atoms with Gasteiger partial charge in [0, 0.05) is 12.6 Å². The van der Waals surface area contributed by atoms with E-state index < -0.39 is 0 Å². The number of nitrogens with zero attached hydrogens (tertiary/aromatic N) is 3. The lowest BCUT2D eigenvalue weighted by atomic mass is 10.0. The highest BCUT2D eigenvalue weighted by Crippen LogP contribution is 2.28. The number of para-hydroxylation sites is 2. The monoisotopic (exact) mass is 379 g/mol. The van der Waals surface area contributed by atoms with E-state index in [4.69, 9.17) is 15.7 Å². The normalized spacial score (nSPS) is 12.6. The Morgan fingerprint density at radius 2 is 1.89 bits per heavy atom. The van der Waals surface area contributed by atoms with Crippen LogP contribution in [0.15, 0.2) is 36.9 Å². The van der Waals surface area contributed by atoms with E-state index in [1.165, 1.54) is 0 Å². The molecule has 0 bridgehead atoms. The number of nitrogen functional groups attached to an aromatic ring is 1. The van der Waals surface area contributed by atoms with Gasteiger partial charge in [-0.15, -0.1) is 6.58 Å². The Labute approximate surface area is 165 Å². The number of nitrogens with one attached hydrogen (secondary N) is 1. The molecule has 0 saturated heterocycles. The molecule has 0 saturated carbocycles. The lowest BCUT2D eigenvalue weighted by Crippen LogP contribution is -2.33. The van der Waals surface area contributed by atoms with Gasteiger partial charge in [-0.05, 0) is 31.4 Å². The molecule has 0 spiro atoms. The molecule has 6 heteroatoms. The van der Waals surface area contributed by atoms with Gasteiger partial charge in [-0.2, -0.15) is 0 Å². The third-order valence-corrected chi connectivity index (χ3v) is 4.93. The smallest absolute Gasteiger partial charge is 0.257 e. The molecule has 3 rings (SSSR count). The van der Waals surface area contributed by atoms with Crippen molar-refractivity contribution in [1.29, 1.82) is 0 Å². The molecule has 3 N–H and O–H groups in total. The van der Waals surface area contributed by atoms with Crippen LogP contribution in [0.3, 0.4) is 0 Å². The SMILES string of the molecule is C=CCn1c(N)c(C(=O)N[C@H](C)CCCC(C)C)c2nc3ccccc3nc21. The predicted molar refractivity (Wildman–Crippen MR) is 115 cm³/mol. The van der Waals surface area contributed by atoms with E-state index in [0.29, 0.717) is 35.0 Å². The van der Waals surface area contributed by atoms with Gasteiger partial charge in [0.2, 0.25) is 0 Å². The van der Waals surface area contributed by atoms with Crippen molar-refractivity contribution in [3.8, 4) is 0 Å². The first-order valence-electron chi connectivity index (χ1n) is 9.88. The van der Waals surface area contributed by atoms with Crippen LogP contribution in [0.4, 0.5) is 5.82 Å². The number of aromatic nitrogens is 3. The summed E-state index contributed by atoms with van der Waals surface area (Å²) < 4.78 is 1.79. The van der Waals surface area contributed by atoms with Gasteiger partial charge in [0.1, 0.15) is 16.9 Å². The Balaban J connectivity index is 1.97. The molecule has 6 nitrogen and oxygen atoms in total. The van der Waals surface area contributed by atoms with Crippen molar-refractivity contribution in [2.24, 2.45) is 5.92 Å². The van der Waals surface area contributed by atoms with Gasteiger partial charge in [0.15, 0.2) is 5.65 Å². The van der Waals surface area contributed by atoms with Gasteiger partial charge in [-0.1, -0.05) is 44.9 Å². The van der Waals surface area contributed by atoms with E-state index >= 15 is 0 Å². The molecule has 1 aromatic carbocycles. The van der Waals surface area contributed by atoms with E-state index in [9.17, 15) is 4.79 Å². The second kappa shape index (κ2) is 8.42. The number of rotatable bonds is 8. The molecule has 0 radical (unpaired) electrons. The van der Waals surface area contributed by atoms with Gasteiger partial charge in [0.05, 0.1) is 11.0 Å². The highest BCUT2D eigenvalue weighted by molar-refractivity contribution is 6.10. The van der Waals surface area contributed by atoms with E-state index in [1.54, 1.807) is 10.6 Å². The summed E-state index contributed by atoms with van der Waals surface area (Å²) in [6.45, 7) is 10.7. The number of carbonyl (C=O) groups excluding carboxylic acids is 1. The van der Waals surface area contributed by atoms with Crippen LogP contribution in [0.1, 0.15) is 50.4 Å². The average molecular weight is 380 g/mol. The van der Waals surface area contributed by atoms with Crippen LogP contribution in [-0.4, -0.2) is 26.5 Å². The number of allylic oxidation sites excluding steroid dienone is 1. The molecule has 3 aromatic rings. The molecular weight excluding hydrogens is 350 g/mol. The van der Waals surface area contributed by atoms with Crippen molar-refractivity contribution in [3.05, 3.63) is 42.5 Å². The Hall–Kier alpha value is -2.89. The zero-order valence-electron chi connectivity index (χ0n) is 16.9. The lowest BCUT2D eigenvalue weighted by Gasteiger charge is -2.14. The molecule has 0 fully saturated rings. The molecule has 1 amide bonds. The van der Waals surface area contributed by atoms with E-state index in [1.807, 2.05) is 31.2 Å². The molecule has 0 aliphatic heterocycles. The number of benzene rings is 1. The fraction of sp³-hybridized carbons (Fsp3) is 0.409. The summed E-state index contributed by atoms with van der Waals surface area (Å²) in [7, 11) is 0. The first kappa shape index (κ1) is 19.9. The van der Waals surface area contributed by atoms with Gasteiger partial charge >= 0.3 is 0 Å². The molecule has 0 aliphatic carbocycles. The van der Waals surface area contributed by atoms with Crippen molar-refractivity contribution in [2.45, 2.75) is 52.6 Å². The Morgan fingerprint density at radius 1 is 1.21 bits per heavy atom. The fourth-order valence-electron chi connectivity index (χ4n) is 3.46. The first-order chi connectivity index (χ1) is 13.4. The number of amides is 1. The van der Waals surface area contributed by atoms with Crippen LogP contribution in [-0.2, 0) is 6.54 Å². The molecule has 0 unspecified atom stereocenters. The summed E-state index contributed by atoms with van der Waals surface area (Å²) >= 11 is 0. The second-order valence-electron chi connectivity index (χ2n) is 7.74. The maximum Gasteiger partial charge on any atom is 0.257 e. The fourth-order valence-corrected chi connectivity index (χ4v) is 3.46. The predicted octanol–water partition coefficient (Wildman–Crippen LogP) is 4.30. The van der Waals surface area contributed by atoms with Crippen molar-refractivity contribution in [3.63, 3.8) is 0 Å². The maximum atomic E-state index is 13.0. The van der Waals surface area contributed by atoms with Crippen LogP contribution in [0.2, 0.25) is 0 Å². The summed E-state index contributed by atoms with van der Waals surface area (Å²) in [6, 6.07) is 7.68. The number of fused-ring (bicyclic) bond motifs is 2. The van der Waals surface area contributed by atoms with Gasteiger partial charge in [-0.3, -0.25) is 4.79 Å². The minimum atomic E-state index is -0.202. The largest absolute Gasteiger partial charge is 0.384 e. The summed E-state index contributed by atoms with van der Waals surface area (Å²) in [5.74, 6) is 0.836. The summed E-state index contributed by atoms with van der Waals surface area (Å²) in [5.41, 5.74) is 9.40. The Morgan fingerprint density at radius 3 is 2.54 bits per heavy atom. The van der Waals surface area contributed by atoms with Crippen molar-refractivity contribution >= 4 is 33.9 Å². The standard InChI is InChI=1S/C22H29N5O/c1-5-13-27-20(23)18(22(28)24-15(4)10-8-9-14(2)3)19-21(27)26-17-12-7-6-11-16(17)25-19/h5-7,11-12,14-15H,1,8-10,13,23H2,2-4H3,(H,24,28)/t15-/m1/s1. The minimum absolute atomic E-state index is 0.0665. The highest BCUT2D eigenvalue weighted by atomic mass is 16.1. The summed E-state index contributed by atoms with van der Waals surface area (Å²) in [4.78, 5) is 22.4. The molecule has 148 valence electrons. The Kier molecular flexibility index (Phi) is 5.97. The average Bonchev–Trinajstić information content (AvgIpc) is 2.91. The third kappa shape index (κ3) is 4.01. The van der Waals surface area contributed by atoms with E-state index in [-0.39, 0.29) is 11.9 Å². The van der Waals surface area contributed by atoms with Crippen molar-refractivity contribution in [1.82, 2.24) is 19.9 Å². The van der Waals surface area contributed by atoms with Crippen LogP contribution < -0.4 is 11.1 Å². The number of nitrogens with two attached hydrogens (primary N) is 1. The third-order valence-electron chi connectivity index (χ3n) is 4.93. The van der Waals surface area contributed by atoms with Gasteiger partial charge < -0.3 is 15.6 Å². The van der Waals surface area contributed by atoms with Gasteiger partial charge in [-0.25, -0.2) is 9.97 Å². The molecule has 0 aliphatic rings. The Bertz CT molecular complexity index is 1000. The van der Waals surface area contributed by atoms with Crippen molar-refractivity contribution in [2.75, 3.05) is 5.73 Å². The zero-order valence-corrected chi connectivity index (χ0v) is 16.9. The number of anilines is 1. The second-order valence-corrected chi connectivity index (χ2v) is 7.74. The minimum Gasteiger partial charge on any atom is -0.384 e. The molecule has 2 aromatic heterocycles. The van der Waals surface area contributed by atoms with Crippen molar-refractivity contribution < 1.29 is 4.79 Å². The van der Waals surface area contributed by atoms with Crippen LogP contribution in [0.5, 0.6) is 0 Å². The summed E-state index contributed by atoms with van der Waals surface area (Å²) in [6.07, 6.45) is 4.91. The van der Waals surface area contributed by atoms with E-state index in [0.717, 1.165) is 30.3 Å². The van der Waals surface area contributed by atoms with E-state index in [2.05, 4.69) is 25.7 Å².